The third-order valence-corrected chi connectivity index (χ3v) is 14.1. The average Bonchev–Trinajstić information content (AvgIpc) is 3.88. The molecule has 61 heavy (non-hydrogen) atoms. The number of nitrogens with one attached hydrogen (secondary N) is 1. The number of rotatable bonds is 9. The number of piperidine rings is 1. The van der Waals surface area contributed by atoms with Crippen LogP contribution in [-0.4, -0.2) is 71.8 Å². The summed E-state index contributed by atoms with van der Waals surface area (Å²) in [6.07, 6.45) is 8.44. The molecule has 2 aliphatic heterocycles. The van der Waals surface area contributed by atoms with Gasteiger partial charge >= 0.3 is 12.1 Å². The van der Waals surface area contributed by atoms with Crippen LogP contribution in [0.4, 0.5) is 15.1 Å². The SMILES string of the molecule is COC(=O)c1nc(N2CCc3cccc(C(=O)Nc4nc5ccccc5s4)c3C2)sc1CCCOc1ccc(C#CC2CCC3(CC2)CCN(C(=O)OC(C)(C)C)CC3)cc1. The number of likely N-dealkylation sites (tertiary alicyclic amines) is 1. The predicted molar refractivity (Wildman–Crippen MR) is 241 cm³/mol. The molecule has 1 aliphatic carbocycles. The molecule has 1 saturated heterocycles. The number of fused-ring (bicyclic) bond motifs is 2. The number of hydrogen-bond acceptors (Lipinski definition) is 11. The minimum atomic E-state index is -0.469. The lowest BCUT2D eigenvalue weighted by molar-refractivity contribution is 0.00294. The Kier molecular flexibility index (Phi) is 12.6. The van der Waals surface area contributed by atoms with Crippen molar-refractivity contribution < 1.29 is 28.6 Å². The third kappa shape index (κ3) is 10.2. The molecule has 0 atom stereocenters. The fourth-order valence-corrected chi connectivity index (χ4v) is 10.5. The number of esters is 1. The second-order valence-corrected chi connectivity index (χ2v) is 19.4. The number of benzene rings is 3. The molecule has 3 aliphatic rings. The van der Waals surface area contributed by atoms with Crippen LogP contribution in [0, 0.1) is 23.2 Å². The highest BCUT2D eigenvalue weighted by Crippen LogP contribution is 2.46. The predicted octanol–water partition coefficient (Wildman–Crippen LogP) is 9.92. The van der Waals surface area contributed by atoms with Gasteiger partial charge in [-0.25, -0.2) is 19.6 Å². The first-order valence-corrected chi connectivity index (χ1v) is 22.9. The molecule has 2 aromatic heterocycles. The van der Waals surface area contributed by atoms with Crippen molar-refractivity contribution in [2.45, 2.75) is 90.7 Å². The summed E-state index contributed by atoms with van der Waals surface area (Å²) < 4.78 is 17.8. The van der Waals surface area contributed by atoms with E-state index >= 15 is 0 Å². The quantitative estimate of drug-likeness (QED) is 0.0877. The number of hydrogen-bond donors (Lipinski definition) is 1. The number of aryl methyl sites for hydroxylation is 1. The van der Waals surface area contributed by atoms with Crippen LogP contribution in [0.1, 0.15) is 108 Å². The van der Waals surface area contributed by atoms with Crippen LogP contribution in [0.25, 0.3) is 10.2 Å². The Morgan fingerprint density at radius 2 is 1.69 bits per heavy atom. The largest absolute Gasteiger partial charge is 0.494 e. The van der Waals surface area contributed by atoms with Crippen molar-refractivity contribution in [3.05, 3.63) is 99.6 Å². The van der Waals surface area contributed by atoms with Gasteiger partial charge in [0.25, 0.3) is 5.91 Å². The summed E-state index contributed by atoms with van der Waals surface area (Å²) in [5.74, 6) is 7.43. The van der Waals surface area contributed by atoms with Gasteiger partial charge in [0.1, 0.15) is 11.4 Å². The molecule has 2 fully saturated rings. The summed E-state index contributed by atoms with van der Waals surface area (Å²) in [6, 6.07) is 21.6. The summed E-state index contributed by atoms with van der Waals surface area (Å²) in [6.45, 7) is 8.97. The summed E-state index contributed by atoms with van der Waals surface area (Å²) in [5, 5.41) is 4.31. The number of anilines is 2. The molecule has 0 bridgehead atoms. The van der Waals surface area contributed by atoms with Crippen LogP contribution in [0.15, 0.2) is 66.7 Å². The lowest BCUT2D eigenvalue weighted by atomic mass is 9.65. The highest BCUT2D eigenvalue weighted by molar-refractivity contribution is 7.22. The maximum atomic E-state index is 13.6. The van der Waals surface area contributed by atoms with E-state index < -0.39 is 11.6 Å². The van der Waals surface area contributed by atoms with Gasteiger partial charge in [-0.15, -0.1) is 11.3 Å². The van der Waals surface area contributed by atoms with Gasteiger partial charge < -0.3 is 24.0 Å². The van der Waals surface area contributed by atoms with Gasteiger partial charge in [0.05, 0.1) is 23.9 Å². The zero-order valence-electron chi connectivity index (χ0n) is 35.4. The maximum Gasteiger partial charge on any atom is 0.410 e. The number of para-hydroxylation sites is 1. The van der Waals surface area contributed by atoms with Crippen LogP contribution >= 0.6 is 22.7 Å². The monoisotopic (exact) mass is 859 g/mol. The van der Waals surface area contributed by atoms with Crippen LogP contribution in [0.2, 0.25) is 0 Å². The van der Waals surface area contributed by atoms with Gasteiger partial charge in [-0.3, -0.25) is 10.1 Å². The molecule has 13 heteroatoms. The molecule has 1 saturated carbocycles. The molecular formula is C48H53N5O6S2. The van der Waals surface area contributed by atoms with E-state index in [-0.39, 0.29) is 12.0 Å². The zero-order chi connectivity index (χ0) is 42.6. The molecule has 2 amide bonds. The lowest BCUT2D eigenvalue weighted by Gasteiger charge is -2.45. The first kappa shape index (κ1) is 42.2. The molecule has 8 rings (SSSR count). The van der Waals surface area contributed by atoms with Gasteiger partial charge in [0, 0.05) is 48.1 Å². The molecule has 5 aromatic rings. The standard InChI is InChI=1S/C48H53N5O6S2/c1-47(2,3)59-46(56)52-28-25-48(26-29-52)23-20-33(21-24-48)15-14-32-16-18-35(19-17-32)58-30-8-13-40-41(43(55)57-4)50-45(61-40)53-27-22-34-9-7-10-36(37(34)31-53)42(54)51-44-49-38-11-5-6-12-39(38)60-44/h5-7,9-12,16-19,33H,8,13,20-31H2,1-4H3,(H,49,51,54). The zero-order valence-corrected chi connectivity index (χ0v) is 37.0. The van der Waals surface area contributed by atoms with Crippen LogP contribution in [0.3, 0.4) is 0 Å². The third-order valence-electron chi connectivity index (χ3n) is 12.0. The Balaban J connectivity index is 0.818. The fourth-order valence-electron chi connectivity index (χ4n) is 8.55. The summed E-state index contributed by atoms with van der Waals surface area (Å²) in [4.78, 5) is 53.2. The second-order valence-electron chi connectivity index (χ2n) is 17.3. The van der Waals surface area contributed by atoms with Gasteiger partial charge in [0.15, 0.2) is 16.0 Å². The first-order valence-electron chi connectivity index (χ1n) is 21.3. The molecule has 1 N–H and O–H groups in total. The molecular weight excluding hydrogens is 807 g/mol. The maximum absolute atomic E-state index is 13.6. The van der Waals surface area contributed by atoms with E-state index in [1.807, 2.05) is 86.3 Å². The Hall–Kier alpha value is -5.45. The van der Waals surface area contributed by atoms with Crippen molar-refractivity contribution in [1.82, 2.24) is 14.9 Å². The molecule has 11 nitrogen and oxygen atoms in total. The van der Waals surface area contributed by atoms with Crippen molar-refractivity contribution >= 4 is 61.1 Å². The minimum absolute atomic E-state index is 0.194. The lowest BCUT2D eigenvalue weighted by Crippen LogP contribution is -2.46. The Labute approximate surface area is 365 Å². The molecule has 318 valence electrons. The second kappa shape index (κ2) is 18.3. The van der Waals surface area contributed by atoms with Gasteiger partial charge in [-0.2, -0.15) is 0 Å². The van der Waals surface area contributed by atoms with E-state index in [0.29, 0.717) is 60.3 Å². The van der Waals surface area contributed by atoms with Crippen molar-refractivity contribution in [3.8, 4) is 17.6 Å². The summed E-state index contributed by atoms with van der Waals surface area (Å²) in [7, 11) is 1.38. The Morgan fingerprint density at radius 1 is 0.918 bits per heavy atom. The molecule has 1 spiro atoms. The van der Waals surface area contributed by atoms with Gasteiger partial charge in [-0.1, -0.05) is 47.4 Å². The average molecular weight is 860 g/mol. The Bertz CT molecular complexity index is 2410. The number of carbonyl (C=O) groups is 3. The van der Waals surface area contributed by atoms with Crippen LogP contribution < -0.4 is 15.0 Å². The highest BCUT2D eigenvalue weighted by atomic mass is 32.1. The topological polar surface area (TPSA) is 123 Å². The van der Waals surface area contributed by atoms with Crippen molar-refractivity contribution in [2.24, 2.45) is 11.3 Å². The van der Waals surface area contributed by atoms with E-state index in [9.17, 15) is 14.4 Å². The van der Waals surface area contributed by atoms with Crippen molar-refractivity contribution in [2.75, 3.05) is 43.6 Å². The number of nitrogens with zero attached hydrogens (tertiary/aromatic N) is 4. The van der Waals surface area contributed by atoms with Crippen LogP contribution in [0.5, 0.6) is 5.75 Å². The highest BCUT2D eigenvalue weighted by Gasteiger charge is 2.39. The number of ether oxygens (including phenoxy) is 3. The molecule has 4 heterocycles. The number of carbonyl (C=O) groups excluding carboxylic acids is 3. The van der Waals surface area contributed by atoms with E-state index in [1.54, 1.807) is 0 Å². The van der Waals surface area contributed by atoms with E-state index in [4.69, 9.17) is 19.2 Å². The van der Waals surface area contributed by atoms with Gasteiger partial charge in [-0.05, 0) is 138 Å². The van der Waals surface area contributed by atoms with E-state index in [0.717, 1.165) is 101 Å². The molecule has 3 aromatic carbocycles. The van der Waals surface area contributed by atoms with Crippen molar-refractivity contribution in [1.29, 1.82) is 0 Å². The molecule has 0 radical (unpaired) electrons. The van der Waals surface area contributed by atoms with Crippen LogP contribution in [-0.2, 0) is 28.9 Å². The summed E-state index contributed by atoms with van der Waals surface area (Å²) >= 11 is 2.95. The normalized spacial score (nSPS) is 16.4. The first-order chi connectivity index (χ1) is 29.4. The van der Waals surface area contributed by atoms with E-state index in [1.165, 1.54) is 29.8 Å². The number of methoxy groups -OCH3 is 1. The van der Waals surface area contributed by atoms with Gasteiger partial charge in [0.2, 0.25) is 0 Å². The van der Waals surface area contributed by atoms with Crippen molar-refractivity contribution in [3.63, 3.8) is 0 Å². The number of aromatic nitrogens is 2. The van der Waals surface area contributed by atoms with E-state index in [2.05, 4.69) is 33.1 Å². The molecule has 0 unspecified atom stereocenters. The Morgan fingerprint density at radius 3 is 2.43 bits per heavy atom. The summed E-state index contributed by atoms with van der Waals surface area (Å²) in [5.41, 5.74) is 4.70. The number of thiazole rings is 2. The minimum Gasteiger partial charge on any atom is -0.494 e. The fraction of sp³-hybridized carbons (Fsp3) is 0.438. The number of amides is 2. The smallest absolute Gasteiger partial charge is 0.410 e.